The number of carbonyl (C=O) groups excluding carboxylic acids is 1. The lowest BCUT2D eigenvalue weighted by Gasteiger charge is -2.22. The van der Waals surface area contributed by atoms with E-state index in [0.717, 1.165) is 26.1 Å². The van der Waals surface area contributed by atoms with Crippen molar-refractivity contribution >= 4 is 5.91 Å². The van der Waals surface area contributed by atoms with Crippen LogP contribution in [-0.2, 0) is 4.74 Å². The summed E-state index contributed by atoms with van der Waals surface area (Å²) in [5.74, 6) is 0.539. The molecule has 4 nitrogen and oxygen atoms in total. The average molecular weight is 249 g/mol. The largest absolute Gasteiger partial charge is 0.508 e. The van der Waals surface area contributed by atoms with Crippen molar-refractivity contribution in [2.24, 2.45) is 5.92 Å². The van der Waals surface area contributed by atoms with Crippen molar-refractivity contribution in [1.29, 1.82) is 0 Å². The molecule has 4 heteroatoms. The van der Waals surface area contributed by atoms with Gasteiger partial charge in [0.05, 0.1) is 6.61 Å². The second kappa shape index (κ2) is 5.87. The van der Waals surface area contributed by atoms with Crippen molar-refractivity contribution in [1.82, 2.24) is 5.32 Å². The Kier molecular flexibility index (Phi) is 4.20. The van der Waals surface area contributed by atoms with E-state index in [2.05, 4.69) is 5.32 Å². The molecule has 1 aliphatic rings. The molecule has 0 radical (unpaired) electrons. The SMILES string of the molecule is Cc1cc(C(=O)NCC2CCCOC2)ccc1O. The lowest BCUT2D eigenvalue weighted by Crippen LogP contribution is -2.33. The first-order chi connectivity index (χ1) is 8.66. The van der Waals surface area contributed by atoms with Gasteiger partial charge in [-0.25, -0.2) is 0 Å². The molecule has 18 heavy (non-hydrogen) atoms. The fourth-order valence-corrected chi connectivity index (χ4v) is 2.10. The van der Waals surface area contributed by atoms with E-state index in [0.29, 0.717) is 23.6 Å². The fraction of sp³-hybridized carbons (Fsp3) is 0.500. The molecule has 0 saturated carbocycles. The molecule has 1 aromatic rings. The molecule has 0 aliphatic carbocycles. The van der Waals surface area contributed by atoms with Gasteiger partial charge in [-0.05, 0) is 49.4 Å². The first kappa shape index (κ1) is 12.9. The van der Waals surface area contributed by atoms with Gasteiger partial charge in [0.2, 0.25) is 0 Å². The van der Waals surface area contributed by atoms with Gasteiger partial charge in [-0.3, -0.25) is 4.79 Å². The van der Waals surface area contributed by atoms with E-state index in [4.69, 9.17) is 4.74 Å². The highest BCUT2D eigenvalue weighted by molar-refractivity contribution is 5.94. The number of rotatable bonds is 3. The van der Waals surface area contributed by atoms with Crippen molar-refractivity contribution in [2.45, 2.75) is 19.8 Å². The summed E-state index contributed by atoms with van der Waals surface area (Å²) in [5.41, 5.74) is 1.30. The van der Waals surface area contributed by atoms with Crippen molar-refractivity contribution in [3.8, 4) is 5.75 Å². The standard InChI is InChI=1S/C14H19NO3/c1-10-7-12(4-5-13(10)16)14(17)15-8-11-3-2-6-18-9-11/h4-5,7,11,16H,2-3,6,8-9H2,1H3,(H,15,17). The number of nitrogens with one attached hydrogen (secondary N) is 1. The number of ether oxygens (including phenoxy) is 1. The molecule has 2 rings (SSSR count). The Balaban J connectivity index is 1.88. The van der Waals surface area contributed by atoms with Crippen LogP contribution in [0.3, 0.4) is 0 Å². The minimum absolute atomic E-state index is 0.0938. The number of phenols is 1. The second-order valence-electron chi connectivity index (χ2n) is 4.79. The Morgan fingerprint density at radius 3 is 3.06 bits per heavy atom. The van der Waals surface area contributed by atoms with Crippen molar-refractivity contribution in [3.05, 3.63) is 29.3 Å². The summed E-state index contributed by atoms with van der Waals surface area (Å²) in [4.78, 5) is 11.9. The van der Waals surface area contributed by atoms with Crippen LogP contribution in [0.15, 0.2) is 18.2 Å². The monoisotopic (exact) mass is 249 g/mol. The first-order valence-corrected chi connectivity index (χ1v) is 6.32. The van der Waals surface area contributed by atoms with E-state index in [1.165, 1.54) is 0 Å². The highest BCUT2D eigenvalue weighted by atomic mass is 16.5. The summed E-state index contributed by atoms with van der Waals surface area (Å²) >= 11 is 0. The molecule has 1 amide bonds. The molecular formula is C14H19NO3. The summed E-state index contributed by atoms with van der Waals surface area (Å²) in [5, 5.41) is 12.3. The van der Waals surface area contributed by atoms with Gasteiger partial charge in [0.1, 0.15) is 5.75 Å². The van der Waals surface area contributed by atoms with Crippen LogP contribution in [-0.4, -0.2) is 30.8 Å². The van der Waals surface area contributed by atoms with Gasteiger partial charge in [-0.15, -0.1) is 0 Å². The molecule has 1 heterocycles. The molecule has 0 aromatic heterocycles. The average Bonchev–Trinajstić information content (AvgIpc) is 2.40. The predicted molar refractivity (Wildman–Crippen MR) is 68.7 cm³/mol. The molecule has 1 atom stereocenters. The molecule has 1 aromatic carbocycles. The highest BCUT2D eigenvalue weighted by Crippen LogP contribution is 2.17. The fourth-order valence-electron chi connectivity index (χ4n) is 2.10. The second-order valence-corrected chi connectivity index (χ2v) is 4.79. The Morgan fingerprint density at radius 2 is 2.39 bits per heavy atom. The Hall–Kier alpha value is -1.55. The van der Waals surface area contributed by atoms with Crippen molar-refractivity contribution in [3.63, 3.8) is 0 Å². The molecule has 1 unspecified atom stereocenters. The molecule has 0 spiro atoms. The van der Waals surface area contributed by atoms with Crippen LogP contribution in [0.25, 0.3) is 0 Å². The highest BCUT2D eigenvalue weighted by Gasteiger charge is 2.15. The van der Waals surface area contributed by atoms with Gasteiger partial charge in [-0.2, -0.15) is 0 Å². The predicted octanol–water partition coefficient (Wildman–Crippen LogP) is 1.86. The number of phenolic OH excluding ortho intramolecular Hbond substituents is 1. The molecule has 2 N–H and O–H groups in total. The molecular weight excluding hydrogens is 230 g/mol. The van der Waals surface area contributed by atoms with Crippen LogP contribution in [0.2, 0.25) is 0 Å². The number of aromatic hydroxyl groups is 1. The number of aryl methyl sites for hydroxylation is 1. The summed E-state index contributed by atoms with van der Waals surface area (Å²) < 4.78 is 5.37. The molecule has 0 bridgehead atoms. The smallest absolute Gasteiger partial charge is 0.251 e. The van der Waals surface area contributed by atoms with E-state index < -0.39 is 0 Å². The number of hydrogen-bond acceptors (Lipinski definition) is 3. The summed E-state index contributed by atoms with van der Waals surface area (Å²) in [6.07, 6.45) is 2.17. The third kappa shape index (κ3) is 3.23. The Labute approximate surface area is 107 Å². The van der Waals surface area contributed by atoms with Gasteiger partial charge in [0, 0.05) is 18.7 Å². The summed E-state index contributed by atoms with van der Waals surface area (Å²) in [7, 11) is 0. The summed E-state index contributed by atoms with van der Waals surface area (Å²) in [6, 6.07) is 4.88. The topological polar surface area (TPSA) is 58.6 Å². The van der Waals surface area contributed by atoms with E-state index in [-0.39, 0.29) is 11.7 Å². The number of hydrogen-bond donors (Lipinski definition) is 2. The van der Waals surface area contributed by atoms with Crippen molar-refractivity contribution in [2.75, 3.05) is 19.8 Å². The third-order valence-corrected chi connectivity index (χ3v) is 3.26. The van der Waals surface area contributed by atoms with Crippen LogP contribution in [0.4, 0.5) is 0 Å². The Morgan fingerprint density at radius 1 is 1.56 bits per heavy atom. The van der Waals surface area contributed by atoms with Gasteiger partial charge in [-0.1, -0.05) is 0 Å². The van der Waals surface area contributed by atoms with Gasteiger partial charge >= 0.3 is 0 Å². The van der Waals surface area contributed by atoms with Gasteiger partial charge in [0.25, 0.3) is 5.91 Å². The van der Waals surface area contributed by atoms with Crippen LogP contribution < -0.4 is 5.32 Å². The van der Waals surface area contributed by atoms with Crippen molar-refractivity contribution < 1.29 is 14.6 Å². The number of benzene rings is 1. The number of carbonyl (C=O) groups is 1. The van der Waals surface area contributed by atoms with E-state index in [9.17, 15) is 9.90 Å². The molecule has 1 fully saturated rings. The molecule has 1 saturated heterocycles. The van der Waals surface area contributed by atoms with Crippen LogP contribution in [0.1, 0.15) is 28.8 Å². The quantitative estimate of drug-likeness (QED) is 0.859. The maximum Gasteiger partial charge on any atom is 0.251 e. The molecule has 98 valence electrons. The lowest BCUT2D eigenvalue weighted by atomic mass is 10.0. The van der Waals surface area contributed by atoms with Gasteiger partial charge < -0.3 is 15.2 Å². The van der Waals surface area contributed by atoms with Crippen LogP contribution in [0.5, 0.6) is 5.75 Å². The maximum absolute atomic E-state index is 11.9. The van der Waals surface area contributed by atoms with E-state index in [1.54, 1.807) is 25.1 Å². The summed E-state index contributed by atoms with van der Waals surface area (Å²) in [6.45, 7) is 4.00. The first-order valence-electron chi connectivity index (χ1n) is 6.32. The zero-order valence-electron chi connectivity index (χ0n) is 10.6. The minimum Gasteiger partial charge on any atom is -0.508 e. The number of amides is 1. The zero-order valence-corrected chi connectivity index (χ0v) is 10.6. The Bertz CT molecular complexity index is 425. The van der Waals surface area contributed by atoms with Gasteiger partial charge in [0.15, 0.2) is 0 Å². The minimum atomic E-state index is -0.0938. The van der Waals surface area contributed by atoms with Crippen LogP contribution >= 0.6 is 0 Å². The lowest BCUT2D eigenvalue weighted by molar-refractivity contribution is 0.0536. The van der Waals surface area contributed by atoms with E-state index in [1.807, 2.05) is 0 Å². The normalized spacial score (nSPS) is 19.5. The molecule has 1 aliphatic heterocycles. The van der Waals surface area contributed by atoms with Crippen LogP contribution in [0, 0.1) is 12.8 Å². The zero-order chi connectivity index (χ0) is 13.0. The van der Waals surface area contributed by atoms with E-state index >= 15 is 0 Å². The maximum atomic E-state index is 11.9. The third-order valence-electron chi connectivity index (χ3n) is 3.26.